The van der Waals surface area contributed by atoms with Crippen molar-refractivity contribution in [3.8, 4) is 0 Å². The summed E-state index contributed by atoms with van der Waals surface area (Å²) in [5.74, 6) is -1.18. The Labute approximate surface area is 169 Å². The van der Waals surface area contributed by atoms with Gasteiger partial charge in [-0.05, 0) is 38.1 Å². The van der Waals surface area contributed by atoms with Crippen LogP contribution in [0.15, 0.2) is 78.9 Å². The van der Waals surface area contributed by atoms with Gasteiger partial charge in [0.25, 0.3) is 5.91 Å². The van der Waals surface area contributed by atoms with Gasteiger partial charge in [0.2, 0.25) is 0 Å². The number of nitrogens with one attached hydrogen (secondary N) is 1. The Kier molecular flexibility index (Phi) is 6.19. The molecular weight excluding hydrogens is 366 g/mol. The minimum Gasteiger partial charge on any atom is -0.449 e. The molecule has 0 aliphatic heterocycles. The Balaban J connectivity index is 1.60. The molecule has 0 bridgehead atoms. The topological polar surface area (TPSA) is 72.5 Å². The molecule has 0 saturated carbocycles. The van der Waals surface area contributed by atoms with Gasteiger partial charge in [-0.15, -0.1) is 0 Å². The number of esters is 1. The number of rotatable bonds is 6. The van der Waals surface area contributed by atoms with Crippen LogP contribution in [0.1, 0.15) is 38.8 Å². The van der Waals surface area contributed by atoms with Crippen LogP contribution < -0.4 is 5.32 Å². The number of aryl methyl sites for hydroxylation is 1. The standard InChI is InChI=1S/C24H21NO4/c1-16-8-14-21(15-9-16)25-23(27)17(2)29-24(28)20-12-10-19(11-13-20)22(26)18-6-4-3-5-7-18/h3-15,17H,1-2H3,(H,25,27)/t17-/m0/s1. The van der Waals surface area contributed by atoms with Crippen LogP contribution in [0.3, 0.4) is 0 Å². The van der Waals surface area contributed by atoms with Crippen LogP contribution in [0, 0.1) is 6.92 Å². The van der Waals surface area contributed by atoms with Gasteiger partial charge >= 0.3 is 5.97 Å². The zero-order valence-corrected chi connectivity index (χ0v) is 16.2. The molecule has 0 saturated heterocycles. The van der Waals surface area contributed by atoms with Crippen LogP contribution in [-0.2, 0) is 9.53 Å². The molecule has 1 amide bonds. The fourth-order valence-corrected chi connectivity index (χ4v) is 2.68. The van der Waals surface area contributed by atoms with Gasteiger partial charge in [0.05, 0.1) is 5.56 Å². The highest BCUT2D eigenvalue weighted by Gasteiger charge is 2.19. The molecule has 146 valence electrons. The largest absolute Gasteiger partial charge is 0.449 e. The van der Waals surface area contributed by atoms with E-state index < -0.39 is 18.0 Å². The van der Waals surface area contributed by atoms with Gasteiger partial charge in [-0.3, -0.25) is 9.59 Å². The van der Waals surface area contributed by atoms with Crippen molar-refractivity contribution >= 4 is 23.3 Å². The first-order chi connectivity index (χ1) is 13.9. The Bertz CT molecular complexity index is 1010. The van der Waals surface area contributed by atoms with E-state index >= 15 is 0 Å². The summed E-state index contributed by atoms with van der Waals surface area (Å²) in [4.78, 5) is 37.0. The van der Waals surface area contributed by atoms with Gasteiger partial charge in [0.1, 0.15) is 0 Å². The van der Waals surface area contributed by atoms with Gasteiger partial charge in [0, 0.05) is 16.8 Å². The van der Waals surface area contributed by atoms with E-state index in [-0.39, 0.29) is 11.3 Å². The monoisotopic (exact) mass is 387 g/mol. The van der Waals surface area contributed by atoms with Crippen molar-refractivity contribution in [3.05, 3.63) is 101 Å². The molecule has 5 nitrogen and oxygen atoms in total. The number of hydrogen-bond donors (Lipinski definition) is 1. The Morgan fingerprint density at radius 1 is 0.759 bits per heavy atom. The lowest BCUT2D eigenvalue weighted by molar-refractivity contribution is -0.123. The Hall–Kier alpha value is -3.73. The average molecular weight is 387 g/mol. The van der Waals surface area contributed by atoms with Crippen LogP contribution in [-0.4, -0.2) is 23.8 Å². The third-order valence-corrected chi connectivity index (χ3v) is 4.39. The van der Waals surface area contributed by atoms with Crippen LogP contribution in [0.5, 0.6) is 0 Å². The molecule has 29 heavy (non-hydrogen) atoms. The minimum atomic E-state index is -0.963. The van der Waals surface area contributed by atoms with Crippen molar-refractivity contribution < 1.29 is 19.1 Å². The van der Waals surface area contributed by atoms with Gasteiger partial charge in [-0.25, -0.2) is 4.79 Å². The van der Waals surface area contributed by atoms with Crippen LogP contribution in [0.2, 0.25) is 0 Å². The second-order valence-corrected chi connectivity index (χ2v) is 6.68. The van der Waals surface area contributed by atoms with Crippen LogP contribution in [0.25, 0.3) is 0 Å². The number of amides is 1. The molecule has 5 heteroatoms. The summed E-state index contributed by atoms with van der Waals surface area (Å²) < 4.78 is 5.24. The van der Waals surface area contributed by atoms with E-state index in [1.807, 2.05) is 25.1 Å². The molecule has 0 aromatic heterocycles. The molecule has 1 atom stereocenters. The zero-order valence-electron chi connectivity index (χ0n) is 16.2. The summed E-state index contributed by atoms with van der Waals surface area (Å²) in [6.45, 7) is 3.46. The third kappa shape index (κ3) is 5.17. The molecule has 0 heterocycles. The van der Waals surface area contributed by atoms with E-state index in [1.54, 1.807) is 48.5 Å². The number of carbonyl (C=O) groups excluding carboxylic acids is 3. The maximum Gasteiger partial charge on any atom is 0.338 e. The van der Waals surface area contributed by atoms with Crippen molar-refractivity contribution in [2.45, 2.75) is 20.0 Å². The summed E-state index contributed by atoms with van der Waals surface area (Å²) >= 11 is 0. The molecule has 1 N–H and O–H groups in total. The molecule has 3 aromatic carbocycles. The van der Waals surface area contributed by atoms with Gasteiger partial charge in [-0.1, -0.05) is 60.2 Å². The highest BCUT2D eigenvalue weighted by Crippen LogP contribution is 2.13. The molecular formula is C24H21NO4. The number of hydrogen-bond acceptors (Lipinski definition) is 4. The smallest absolute Gasteiger partial charge is 0.338 e. The quantitative estimate of drug-likeness (QED) is 0.502. The van der Waals surface area contributed by atoms with Crippen molar-refractivity contribution in [3.63, 3.8) is 0 Å². The van der Waals surface area contributed by atoms with Gasteiger partial charge in [0.15, 0.2) is 11.9 Å². The second kappa shape index (κ2) is 8.97. The van der Waals surface area contributed by atoms with Crippen LogP contribution >= 0.6 is 0 Å². The maximum atomic E-state index is 12.4. The van der Waals surface area contributed by atoms with Gasteiger partial charge < -0.3 is 10.1 Å². The summed E-state index contributed by atoms with van der Waals surface area (Å²) in [7, 11) is 0. The molecule has 0 aliphatic rings. The normalized spacial score (nSPS) is 11.4. The summed E-state index contributed by atoms with van der Waals surface area (Å²) in [5, 5.41) is 2.71. The van der Waals surface area contributed by atoms with Crippen molar-refractivity contribution in [1.29, 1.82) is 0 Å². The van der Waals surface area contributed by atoms with E-state index in [2.05, 4.69) is 5.32 Å². The molecule has 0 aliphatic carbocycles. The summed E-state index contributed by atoms with van der Waals surface area (Å²) in [5.41, 5.74) is 3.02. The molecule has 3 rings (SSSR count). The Morgan fingerprint density at radius 2 is 1.31 bits per heavy atom. The first-order valence-corrected chi connectivity index (χ1v) is 9.22. The first-order valence-electron chi connectivity index (χ1n) is 9.22. The summed E-state index contributed by atoms with van der Waals surface area (Å²) in [6.07, 6.45) is -0.963. The van der Waals surface area contributed by atoms with Crippen molar-refractivity contribution in [2.75, 3.05) is 5.32 Å². The predicted molar refractivity (Wildman–Crippen MR) is 111 cm³/mol. The lowest BCUT2D eigenvalue weighted by atomic mass is 10.0. The third-order valence-electron chi connectivity index (χ3n) is 4.39. The Morgan fingerprint density at radius 3 is 1.93 bits per heavy atom. The highest BCUT2D eigenvalue weighted by atomic mass is 16.5. The van der Waals surface area contributed by atoms with Crippen molar-refractivity contribution in [2.24, 2.45) is 0 Å². The summed E-state index contributed by atoms with van der Waals surface area (Å²) in [6, 6.07) is 22.4. The molecule has 0 spiro atoms. The van der Waals surface area contributed by atoms with Crippen LogP contribution in [0.4, 0.5) is 5.69 Å². The lowest BCUT2D eigenvalue weighted by Gasteiger charge is -2.14. The zero-order chi connectivity index (χ0) is 20.8. The molecule has 3 aromatic rings. The minimum absolute atomic E-state index is 0.128. The predicted octanol–water partition coefficient (Wildman–Crippen LogP) is 4.41. The molecule has 0 radical (unpaired) electrons. The van der Waals surface area contributed by atoms with E-state index in [1.165, 1.54) is 19.1 Å². The fourth-order valence-electron chi connectivity index (χ4n) is 2.68. The number of carbonyl (C=O) groups is 3. The average Bonchev–Trinajstić information content (AvgIpc) is 2.75. The number of benzene rings is 3. The number of ether oxygens (including phenoxy) is 1. The lowest BCUT2D eigenvalue weighted by Crippen LogP contribution is -2.30. The van der Waals surface area contributed by atoms with E-state index in [4.69, 9.17) is 4.74 Å². The maximum absolute atomic E-state index is 12.4. The first kappa shape index (κ1) is 20.0. The number of anilines is 1. The fraction of sp³-hybridized carbons (Fsp3) is 0.125. The number of ketones is 1. The van der Waals surface area contributed by atoms with Crippen molar-refractivity contribution in [1.82, 2.24) is 0 Å². The van der Waals surface area contributed by atoms with E-state index in [9.17, 15) is 14.4 Å². The van der Waals surface area contributed by atoms with E-state index in [0.29, 0.717) is 16.8 Å². The second-order valence-electron chi connectivity index (χ2n) is 6.68. The SMILES string of the molecule is Cc1ccc(NC(=O)[C@H](C)OC(=O)c2ccc(C(=O)c3ccccc3)cc2)cc1. The van der Waals surface area contributed by atoms with Gasteiger partial charge in [-0.2, -0.15) is 0 Å². The van der Waals surface area contributed by atoms with E-state index in [0.717, 1.165) is 5.56 Å². The highest BCUT2D eigenvalue weighted by molar-refractivity contribution is 6.09. The molecule has 0 unspecified atom stereocenters. The molecule has 0 fully saturated rings.